The van der Waals surface area contributed by atoms with Gasteiger partial charge in [0.05, 0.1) is 0 Å². The minimum absolute atomic E-state index is 0.265. The number of rotatable bonds is 3. The van der Waals surface area contributed by atoms with E-state index in [9.17, 15) is 0 Å². The Morgan fingerprint density at radius 1 is 1.39 bits per heavy atom. The van der Waals surface area contributed by atoms with Gasteiger partial charge >= 0.3 is 0 Å². The summed E-state index contributed by atoms with van der Waals surface area (Å²) in [7, 11) is 0. The maximum Gasteiger partial charge on any atom is 0.0468 e. The number of hydrogen-bond donors (Lipinski definition) is 1. The molecule has 0 aliphatic carbocycles. The standard InChI is InChI=1S/C14H19Cl2NS/c1-9(12-6-5-11(15)8-13(12)16)17-14-4-3-7-18-10(14)2/h5-6,8-10,14,17H,3-4,7H2,1-2H3. The third-order valence-electron chi connectivity index (χ3n) is 3.50. The molecule has 1 aliphatic rings. The van der Waals surface area contributed by atoms with E-state index in [1.165, 1.54) is 18.6 Å². The molecule has 0 aromatic heterocycles. The van der Waals surface area contributed by atoms with Gasteiger partial charge in [0.2, 0.25) is 0 Å². The maximum atomic E-state index is 6.25. The van der Waals surface area contributed by atoms with Crippen LogP contribution < -0.4 is 5.32 Å². The van der Waals surface area contributed by atoms with Gasteiger partial charge in [-0.2, -0.15) is 11.8 Å². The van der Waals surface area contributed by atoms with E-state index in [4.69, 9.17) is 23.2 Å². The van der Waals surface area contributed by atoms with Crippen molar-refractivity contribution in [2.24, 2.45) is 0 Å². The van der Waals surface area contributed by atoms with Crippen molar-refractivity contribution in [3.63, 3.8) is 0 Å². The molecule has 2 rings (SSSR count). The molecule has 1 aliphatic heterocycles. The fourth-order valence-electron chi connectivity index (χ4n) is 2.41. The van der Waals surface area contributed by atoms with E-state index in [1.54, 1.807) is 0 Å². The third-order valence-corrected chi connectivity index (χ3v) is 5.44. The second-order valence-electron chi connectivity index (χ2n) is 4.88. The normalized spacial score (nSPS) is 26.0. The van der Waals surface area contributed by atoms with Crippen LogP contribution in [0.3, 0.4) is 0 Å². The Hall–Kier alpha value is 0.110. The molecule has 0 saturated carbocycles. The Morgan fingerprint density at radius 3 is 2.83 bits per heavy atom. The maximum absolute atomic E-state index is 6.25. The number of thioether (sulfide) groups is 1. The summed E-state index contributed by atoms with van der Waals surface area (Å²) in [4.78, 5) is 0. The molecule has 1 fully saturated rings. The predicted octanol–water partition coefficient (Wildman–Crippen LogP) is 4.93. The Kier molecular flexibility index (Phi) is 5.25. The molecule has 100 valence electrons. The van der Waals surface area contributed by atoms with E-state index < -0.39 is 0 Å². The Labute approximate surface area is 124 Å². The monoisotopic (exact) mass is 303 g/mol. The number of hydrogen-bond acceptors (Lipinski definition) is 2. The molecule has 0 spiro atoms. The van der Waals surface area contributed by atoms with E-state index in [1.807, 2.05) is 18.2 Å². The highest BCUT2D eigenvalue weighted by molar-refractivity contribution is 7.99. The molecule has 4 heteroatoms. The Balaban J connectivity index is 2.04. The molecule has 1 saturated heterocycles. The summed E-state index contributed by atoms with van der Waals surface area (Å²) in [5.74, 6) is 1.29. The Bertz CT molecular complexity index is 411. The highest BCUT2D eigenvalue weighted by Gasteiger charge is 2.23. The molecule has 1 N–H and O–H groups in total. The van der Waals surface area contributed by atoms with Crippen molar-refractivity contribution < 1.29 is 0 Å². The van der Waals surface area contributed by atoms with Crippen molar-refractivity contribution in [2.45, 2.75) is 44.0 Å². The molecule has 1 aromatic carbocycles. The first-order valence-corrected chi connectivity index (χ1v) is 8.21. The number of halogens is 2. The molecule has 18 heavy (non-hydrogen) atoms. The van der Waals surface area contributed by atoms with Gasteiger partial charge in [0.1, 0.15) is 0 Å². The summed E-state index contributed by atoms with van der Waals surface area (Å²) in [6.07, 6.45) is 2.55. The molecular formula is C14H19Cl2NS. The van der Waals surface area contributed by atoms with Crippen LogP contribution in [-0.2, 0) is 0 Å². The third kappa shape index (κ3) is 3.57. The quantitative estimate of drug-likeness (QED) is 0.850. The smallest absolute Gasteiger partial charge is 0.0468 e. The predicted molar refractivity (Wildman–Crippen MR) is 83.0 cm³/mol. The zero-order chi connectivity index (χ0) is 13.1. The van der Waals surface area contributed by atoms with Gasteiger partial charge < -0.3 is 5.32 Å². The van der Waals surface area contributed by atoms with Crippen molar-refractivity contribution >= 4 is 35.0 Å². The van der Waals surface area contributed by atoms with Crippen LogP contribution in [0.2, 0.25) is 10.0 Å². The fourth-order valence-corrected chi connectivity index (χ4v) is 4.13. The number of benzene rings is 1. The summed E-state index contributed by atoms with van der Waals surface area (Å²) in [6, 6.07) is 6.57. The molecule has 1 heterocycles. The van der Waals surface area contributed by atoms with Gasteiger partial charge in [-0.3, -0.25) is 0 Å². The van der Waals surface area contributed by atoms with Crippen LogP contribution in [0.1, 0.15) is 38.3 Å². The average molecular weight is 304 g/mol. The summed E-state index contributed by atoms with van der Waals surface area (Å²) < 4.78 is 0. The van der Waals surface area contributed by atoms with Gasteiger partial charge in [-0.25, -0.2) is 0 Å². The van der Waals surface area contributed by atoms with Crippen LogP contribution in [0.15, 0.2) is 18.2 Å². The summed E-state index contributed by atoms with van der Waals surface area (Å²) in [5, 5.41) is 5.81. The average Bonchev–Trinajstić information content (AvgIpc) is 2.32. The minimum Gasteiger partial charge on any atom is -0.306 e. The van der Waals surface area contributed by atoms with Crippen molar-refractivity contribution in [1.29, 1.82) is 0 Å². The van der Waals surface area contributed by atoms with Crippen LogP contribution in [0.25, 0.3) is 0 Å². The van der Waals surface area contributed by atoms with Crippen LogP contribution in [0.5, 0.6) is 0 Å². The minimum atomic E-state index is 0.265. The van der Waals surface area contributed by atoms with Crippen molar-refractivity contribution in [3.05, 3.63) is 33.8 Å². The lowest BCUT2D eigenvalue weighted by Gasteiger charge is -2.32. The van der Waals surface area contributed by atoms with Crippen LogP contribution >= 0.6 is 35.0 Å². The Morgan fingerprint density at radius 2 is 2.17 bits per heavy atom. The second kappa shape index (κ2) is 6.51. The first-order valence-electron chi connectivity index (χ1n) is 6.40. The summed E-state index contributed by atoms with van der Waals surface area (Å²) in [6.45, 7) is 4.47. The fraction of sp³-hybridized carbons (Fsp3) is 0.571. The van der Waals surface area contributed by atoms with E-state index in [0.717, 1.165) is 10.6 Å². The molecule has 3 atom stereocenters. The van der Waals surface area contributed by atoms with E-state index in [0.29, 0.717) is 16.3 Å². The lowest BCUT2D eigenvalue weighted by atomic mass is 10.0. The molecule has 3 unspecified atom stereocenters. The lowest BCUT2D eigenvalue weighted by molar-refractivity contribution is 0.417. The molecule has 0 amide bonds. The van der Waals surface area contributed by atoms with Gasteiger partial charge in [0.15, 0.2) is 0 Å². The van der Waals surface area contributed by atoms with E-state index in [-0.39, 0.29) is 6.04 Å². The molecule has 0 bridgehead atoms. The summed E-state index contributed by atoms with van der Waals surface area (Å²) >= 11 is 14.2. The second-order valence-corrected chi connectivity index (χ2v) is 7.21. The topological polar surface area (TPSA) is 12.0 Å². The SMILES string of the molecule is CC(NC1CCCSC1C)c1ccc(Cl)cc1Cl. The van der Waals surface area contributed by atoms with Crippen molar-refractivity contribution in [1.82, 2.24) is 5.32 Å². The van der Waals surface area contributed by atoms with Crippen molar-refractivity contribution in [2.75, 3.05) is 5.75 Å². The zero-order valence-corrected chi connectivity index (χ0v) is 13.1. The highest BCUT2D eigenvalue weighted by Crippen LogP contribution is 2.30. The van der Waals surface area contributed by atoms with Gasteiger partial charge in [0, 0.05) is 27.4 Å². The zero-order valence-electron chi connectivity index (χ0n) is 10.7. The van der Waals surface area contributed by atoms with Gasteiger partial charge in [0.25, 0.3) is 0 Å². The molecule has 0 radical (unpaired) electrons. The van der Waals surface area contributed by atoms with Crippen LogP contribution in [-0.4, -0.2) is 17.0 Å². The highest BCUT2D eigenvalue weighted by atomic mass is 35.5. The molecular weight excluding hydrogens is 285 g/mol. The van der Waals surface area contributed by atoms with Crippen LogP contribution in [0.4, 0.5) is 0 Å². The van der Waals surface area contributed by atoms with E-state index >= 15 is 0 Å². The van der Waals surface area contributed by atoms with Gasteiger partial charge in [-0.1, -0.05) is 36.2 Å². The first-order chi connectivity index (χ1) is 8.58. The van der Waals surface area contributed by atoms with Gasteiger partial charge in [-0.15, -0.1) is 0 Å². The lowest BCUT2D eigenvalue weighted by Crippen LogP contribution is -2.40. The first kappa shape index (κ1) is 14.5. The van der Waals surface area contributed by atoms with E-state index in [2.05, 4.69) is 30.9 Å². The van der Waals surface area contributed by atoms with Crippen LogP contribution in [0, 0.1) is 0 Å². The molecule has 1 nitrogen and oxygen atoms in total. The summed E-state index contributed by atoms with van der Waals surface area (Å²) in [5.41, 5.74) is 1.13. The number of nitrogens with one attached hydrogen (secondary N) is 1. The molecule has 1 aromatic rings. The largest absolute Gasteiger partial charge is 0.306 e. The van der Waals surface area contributed by atoms with Crippen molar-refractivity contribution in [3.8, 4) is 0 Å². The van der Waals surface area contributed by atoms with Gasteiger partial charge in [-0.05, 0) is 43.2 Å².